The standard InChI is InChI=1S/C19H30N4/c1-21-3-2-20-18(21)14-22-4-6-23(7-5-22)19-11-15-8-16(12-19)10-17(9-15)13-19/h2-3,15-17H,4-14H2,1H3. The molecule has 1 aromatic rings. The highest BCUT2D eigenvalue weighted by atomic mass is 15.3. The Morgan fingerprint density at radius 3 is 2.13 bits per heavy atom. The summed E-state index contributed by atoms with van der Waals surface area (Å²) < 4.78 is 2.16. The van der Waals surface area contributed by atoms with Crippen LogP contribution in [-0.2, 0) is 13.6 Å². The molecule has 0 unspecified atom stereocenters. The zero-order chi connectivity index (χ0) is 15.4. The Kier molecular flexibility index (Phi) is 3.35. The number of imidazole rings is 1. The fourth-order valence-electron chi connectivity index (χ4n) is 6.58. The van der Waals surface area contributed by atoms with Crippen LogP contribution < -0.4 is 0 Å². The van der Waals surface area contributed by atoms with Gasteiger partial charge < -0.3 is 4.57 Å². The van der Waals surface area contributed by atoms with Crippen molar-refractivity contribution in [1.29, 1.82) is 0 Å². The van der Waals surface area contributed by atoms with E-state index in [9.17, 15) is 0 Å². The highest BCUT2D eigenvalue weighted by Crippen LogP contribution is 2.57. The van der Waals surface area contributed by atoms with Gasteiger partial charge in [-0.25, -0.2) is 4.98 Å². The summed E-state index contributed by atoms with van der Waals surface area (Å²) in [4.78, 5) is 10.00. The van der Waals surface area contributed by atoms with E-state index in [1.807, 2.05) is 6.20 Å². The molecule has 0 radical (unpaired) electrons. The van der Waals surface area contributed by atoms with Crippen molar-refractivity contribution < 1.29 is 0 Å². The van der Waals surface area contributed by atoms with Gasteiger partial charge >= 0.3 is 0 Å². The summed E-state index contributed by atoms with van der Waals surface area (Å²) >= 11 is 0. The van der Waals surface area contributed by atoms with Gasteiger partial charge in [0.2, 0.25) is 0 Å². The van der Waals surface area contributed by atoms with Crippen molar-refractivity contribution in [1.82, 2.24) is 19.4 Å². The van der Waals surface area contributed by atoms with Crippen LogP contribution in [-0.4, -0.2) is 51.1 Å². The lowest BCUT2D eigenvalue weighted by atomic mass is 9.52. The largest absolute Gasteiger partial charge is 0.337 e. The molecule has 5 fully saturated rings. The topological polar surface area (TPSA) is 24.3 Å². The van der Waals surface area contributed by atoms with Gasteiger partial charge in [0.05, 0.1) is 6.54 Å². The van der Waals surface area contributed by atoms with Gasteiger partial charge in [0.1, 0.15) is 5.82 Å². The van der Waals surface area contributed by atoms with E-state index in [2.05, 4.69) is 32.6 Å². The second-order valence-electron chi connectivity index (χ2n) is 8.86. The molecule has 6 rings (SSSR count). The van der Waals surface area contributed by atoms with Crippen LogP contribution in [0.3, 0.4) is 0 Å². The van der Waals surface area contributed by atoms with Crippen LogP contribution in [0.1, 0.15) is 44.3 Å². The minimum absolute atomic E-state index is 0.601. The lowest BCUT2D eigenvalue weighted by molar-refractivity contribution is -0.102. The molecular weight excluding hydrogens is 284 g/mol. The van der Waals surface area contributed by atoms with Gasteiger partial charge in [-0.1, -0.05) is 0 Å². The van der Waals surface area contributed by atoms with Crippen molar-refractivity contribution >= 4 is 0 Å². The van der Waals surface area contributed by atoms with Crippen LogP contribution in [0.25, 0.3) is 0 Å². The van der Waals surface area contributed by atoms with Crippen molar-refractivity contribution in [2.24, 2.45) is 24.8 Å². The van der Waals surface area contributed by atoms with Crippen molar-refractivity contribution in [2.45, 2.75) is 50.6 Å². The molecule has 0 spiro atoms. The Balaban J connectivity index is 1.24. The molecule has 23 heavy (non-hydrogen) atoms. The normalized spacial score (nSPS) is 40.8. The summed E-state index contributed by atoms with van der Waals surface area (Å²) in [5, 5.41) is 0. The fourth-order valence-corrected chi connectivity index (χ4v) is 6.58. The predicted octanol–water partition coefficient (Wildman–Crippen LogP) is 2.51. The quantitative estimate of drug-likeness (QED) is 0.857. The van der Waals surface area contributed by atoms with Gasteiger partial charge in [0.25, 0.3) is 0 Å². The molecule has 0 amide bonds. The first kappa shape index (κ1) is 14.5. The van der Waals surface area contributed by atoms with E-state index in [4.69, 9.17) is 0 Å². The number of hydrogen-bond donors (Lipinski definition) is 0. The van der Waals surface area contributed by atoms with Crippen LogP contribution in [0, 0.1) is 17.8 Å². The maximum Gasteiger partial charge on any atom is 0.122 e. The molecule has 0 N–H and O–H groups in total. The molecule has 0 aromatic carbocycles. The molecule has 1 aromatic heterocycles. The van der Waals surface area contributed by atoms with Crippen molar-refractivity contribution in [3.63, 3.8) is 0 Å². The van der Waals surface area contributed by atoms with Crippen LogP contribution in [0.4, 0.5) is 0 Å². The molecule has 2 heterocycles. The molecule has 1 saturated heterocycles. The van der Waals surface area contributed by atoms with Gasteiger partial charge in [0, 0.05) is 51.2 Å². The highest BCUT2D eigenvalue weighted by Gasteiger charge is 2.53. The van der Waals surface area contributed by atoms with Crippen LogP contribution in [0.2, 0.25) is 0 Å². The molecule has 4 heteroatoms. The molecule has 4 saturated carbocycles. The van der Waals surface area contributed by atoms with Crippen molar-refractivity contribution in [2.75, 3.05) is 26.2 Å². The molecule has 1 aliphatic heterocycles. The van der Waals surface area contributed by atoms with Gasteiger partial charge in [-0.2, -0.15) is 0 Å². The number of aromatic nitrogens is 2. The first-order valence-electron chi connectivity index (χ1n) is 9.64. The van der Waals surface area contributed by atoms with E-state index in [-0.39, 0.29) is 0 Å². The molecular formula is C19H30N4. The van der Waals surface area contributed by atoms with Gasteiger partial charge in [-0.05, 0) is 56.3 Å². The monoisotopic (exact) mass is 314 g/mol. The zero-order valence-electron chi connectivity index (χ0n) is 14.5. The summed E-state index contributed by atoms with van der Waals surface area (Å²) in [5.41, 5.74) is 0.601. The summed E-state index contributed by atoms with van der Waals surface area (Å²) in [5.74, 6) is 4.39. The van der Waals surface area contributed by atoms with Crippen LogP contribution in [0.15, 0.2) is 12.4 Å². The minimum Gasteiger partial charge on any atom is -0.337 e. The summed E-state index contributed by atoms with van der Waals surface area (Å²) in [6.07, 6.45) is 13.2. The number of nitrogens with zero attached hydrogens (tertiary/aromatic N) is 4. The third-order valence-electron chi connectivity index (χ3n) is 7.34. The Morgan fingerprint density at radius 1 is 1.00 bits per heavy atom. The summed E-state index contributed by atoms with van der Waals surface area (Å²) in [6.45, 7) is 5.99. The smallest absolute Gasteiger partial charge is 0.122 e. The SMILES string of the molecule is Cn1ccnc1CN1CCN(C23CC4CC(CC(C4)C2)C3)CC1. The third kappa shape index (κ3) is 2.45. The van der Waals surface area contributed by atoms with E-state index in [1.165, 1.54) is 51.3 Å². The summed E-state index contributed by atoms with van der Waals surface area (Å²) in [7, 11) is 2.11. The third-order valence-corrected chi connectivity index (χ3v) is 7.34. The van der Waals surface area contributed by atoms with E-state index in [1.54, 1.807) is 19.3 Å². The molecule has 4 bridgehead atoms. The minimum atomic E-state index is 0.601. The Labute approximate surface area is 139 Å². The average Bonchev–Trinajstić information content (AvgIpc) is 2.92. The lowest BCUT2D eigenvalue weighted by Gasteiger charge is -2.61. The van der Waals surface area contributed by atoms with Gasteiger partial charge in [-0.3, -0.25) is 9.80 Å². The Hall–Kier alpha value is -0.870. The number of rotatable bonds is 3. The van der Waals surface area contributed by atoms with Crippen LogP contribution in [0.5, 0.6) is 0 Å². The van der Waals surface area contributed by atoms with Gasteiger partial charge in [-0.15, -0.1) is 0 Å². The molecule has 4 aliphatic carbocycles. The van der Waals surface area contributed by atoms with Gasteiger partial charge in [0.15, 0.2) is 0 Å². The second-order valence-corrected chi connectivity index (χ2v) is 8.86. The first-order valence-corrected chi connectivity index (χ1v) is 9.64. The zero-order valence-corrected chi connectivity index (χ0v) is 14.5. The maximum absolute atomic E-state index is 4.49. The second kappa shape index (κ2) is 5.32. The predicted molar refractivity (Wildman–Crippen MR) is 91.0 cm³/mol. The summed E-state index contributed by atoms with van der Waals surface area (Å²) in [6, 6.07) is 0. The first-order chi connectivity index (χ1) is 11.2. The fraction of sp³-hybridized carbons (Fsp3) is 0.842. The highest BCUT2D eigenvalue weighted by molar-refractivity contribution is 5.08. The molecule has 126 valence electrons. The Morgan fingerprint density at radius 2 is 1.61 bits per heavy atom. The average molecular weight is 314 g/mol. The van der Waals surface area contributed by atoms with Crippen molar-refractivity contribution in [3.8, 4) is 0 Å². The lowest BCUT2D eigenvalue weighted by Crippen LogP contribution is -2.63. The van der Waals surface area contributed by atoms with Crippen molar-refractivity contribution in [3.05, 3.63) is 18.2 Å². The van der Waals surface area contributed by atoms with E-state index in [0.29, 0.717) is 5.54 Å². The van der Waals surface area contributed by atoms with Crippen LogP contribution >= 0.6 is 0 Å². The van der Waals surface area contributed by atoms with E-state index in [0.717, 1.165) is 24.3 Å². The number of hydrogen-bond acceptors (Lipinski definition) is 3. The molecule has 5 aliphatic rings. The molecule has 4 nitrogen and oxygen atoms in total. The number of aryl methyl sites for hydroxylation is 1. The Bertz CT molecular complexity index is 534. The van der Waals surface area contributed by atoms with E-state index >= 15 is 0 Å². The number of piperazine rings is 1. The molecule has 0 atom stereocenters. The maximum atomic E-state index is 4.49. The van der Waals surface area contributed by atoms with E-state index < -0.39 is 0 Å².